The van der Waals surface area contributed by atoms with Crippen molar-refractivity contribution in [1.29, 1.82) is 0 Å². The van der Waals surface area contributed by atoms with Gasteiger partial charge in [0.05, 0.1) is 0 Å². The van der Waals surface area contributed by atoms with E-state index in [1.807, 2.05) is 0 Å². The lowest BCUT2D eigenvalue weighted by molar-refractivity contribution is 0.332. The zero-order valence-electron chi connectivity index (χ0n) is 45.0. The van der Waals surface area contributed by atoms with Crippen LogP contribution in [0.25, 0.3) is 21.9 Å². The van der Waals surface area contributed by atoms with Crippen LogP contribution in [0.5, 0.6) is 0 Å². The Morgan fingerprint density at radius 1 is 0.479 bits per heavy atom. The lowest BCUT2D eigenvalue weighted by atomic mass is 9.33. The SMILES string of the molecule is Cc1cc2c3c(c1)N(c1ccc4c(c1)C(C)(C)CCC4(C)C)c1cc4c(cc1B3c1ccc(N(c3ccccc3)c3ccccc3)cc1N2c1cc(C(C)(C)C)c2oc3ccccc3c2c1)C(C)(C)CC4(C)C. The average Bonchev–Trinajstić information content (AvgIpc) is 3.81. The summed E-state index contributed by atoms with van der Waals surface area (Å²) in [6.45, 7) is 28.9. The average molecular weight is 954 g/mol. The van der Waals surface area contributed by atoms with Crippen LogP contribution in [0.4, 0.5) is 51.2 Å². The predicted octanol–water partition coefficient (Wildman–Crippen LogP) is 17.1. The maximum absolute atomic E-state index is 6.83. The Morgan fingerprint density at radius 2 is 1.05 bits per heavy atom. The first-order valence-corrected chi connectivity index (χ1v) is 26.8. The molecule has 0 unspecified atom stereocenters. The minimum atomic E-state index is -0.208. The Bertz CT molecular complexity index is 3700. The number of benzene rings is 8. The van der Waals surface area contributed by atoms with Gasteiger partial charge in [0.15, 0.2) is 0 Å². The Morgan fingerprint density at radius 3 is 1.71 bits per heavy atom. The molecule has 4 nitrogen and oxygen atoms in total. The number of anilines is 9. The molecule has 0 bridgehead atoms. The molecule has 2 aliphatic carbocycles. The third kappa shape index (κ3) is 6.93. The molecule has 0 saturated carbocycles. The monoisotopic (exact) mass is 954 g/mol. The summed E-state index contributed by atoms with van der Waals surface area (Å²) in [7, 11) is 0. The van der Waals surface area contributed by atoms with Crippen molar-refractivity contribution in [3.8, 4) is 0 Å². The van der Waals surface area contributed by atoms with E-state index in [1.54, 1.807) is 0 Å². The van der Waals surface area contributed by atoms with Gasteiger partial charge in [-0.05, 0) is 182 Å². The van der Waals surface area contributed by atoms with E-state index in [0.29, 0.717) is 0 Å². The van der Waals surface area contributed by atoms with Gasteiger partial charge in [0.25, 0.3) is 6.71 Å². The number of hydrogen-bond donors (Lipinski definition) is 0. The van der Waals surface area contributed by atoms with Crippen molar-refractivity contribution in [2.45, 2.75) is 129 Å². The molecule has 0 spiro atoms. The van der Waals surface area contributed by atoms with Gasteiger partial charge < -0.3 is 19.1 Å². The van der Waals surface area contributed by atoms with Crippen LogP contribution in [-0.4, -0.2) is 6.71 Å². The predicted molar refractivity (Wildman–Crippen MR) is 312 cm³/mol. The van der Waals surface area contributed by atoms with E-state index in [0.717, 1.165) is 57.5 Å². The highest BCUT2D eigenvalue weighted by molar-refractivity contribution is 7.00. The van der Waals surface area contributed by atoms with Crippen molar-refractivity contribution in [3.05, 3.63) is 191 Å². The maximum atomic E-state index is 6.83. The van der Waals surface area contributed by atoms with Gasteiger partial charge in [-0.1, -0.05) is 149 Å². The molecule has 1 aromatic heterocycles. The van der Waals surface area contributed by atoms with E-state index < -0.39 is 0 Å². The molecule has 3 heterocycles. The fourth-order valence-electron chi connectivity index (χ4n) is 14.1. The van der Waals surface area contributed by atoms with Crippen LogP contribution in [0.15, 0.2) is 162 Å². The Balaban J connectivity index is 1.15. The van der Waals surface area contributed by atoms with E-state index in [1.165, 1.54) is 84.6 Å². The minimum absolute atomic E-state index is 0.0158. The second kappa shape index (κ2) is 15.5. The lowest BCUT2D eigenvalue weighted by Gasteiger charge is -2.46. The Hall–Kier alpha value is -6.98. The lowest BCUT2D eigenvalue weighted by Crippen LogP contribution is -2.61. The third-order valence-corrected chi connectivity index (χ3v) is 17.6. The highest BCUT2D eigenvalue weighted by Gasteiger charge is 2.49. The number of rotatable bonds is 5. The zero-order chi connectivity index (χ0) is 50.7. The van der Waals surface area contributed by atoms with Crippen LogP contribution in [-0.2, 0) is 27.1 Å². The highest BCUT2D eigenvalue weighted by atomic mass is 16.3. The van der Waals surface area contributed by atoms with E-state index in [-0.39, 0.29) is 33.8 Å². The first-order valence-electron chi connectivity index (χ1n) is 26.8. The standard InChI is InChI=1S/C68H68BN3O/c1-42-33-59-62-60(34-42)72(47-35-49-48-25-19-20-26-61(48)73-63(49)54(37-47)64(2,3)4)57-38-46(70(43-21-15-13-16-22-43)44-23-17-14-18-24-44)28-30-55(57)69(62)56-39-52-53(68(11,12)41-67(52,9)10)40-58(56)71(59)45-27-29-50-51(36-45)66(7,8)32-31-65(50,5)6/h13-30,33-40H,31-32,41H2,1-12H3. The summed E-state index contributed by atoms with van der Waals surface area (Å²) in [5, 5.41) is 2.28. The number of furan rings is 1. The van der Waals surface area contributed by atoms with E-state index >= 15 is 0 Å². The van der Waals surface area contributed by atoms with Crippen molar-refractivity contribution in [3.63, 3.8) is 0 Å². The van der Waals surface area contributed by atoms with Gasteiger partial charge in [-0.2, -0.15) is 0 Å². The molecule has 0 N–H and O–H groups in total. The summed E-state index contributed by atoms with van der Waals surface area (Å²) in [6.07, 6.45) is 3.45. The molecule has 2 aliphatic heterocycles. The second-order valence-electron chi connectivity index (χ2n) is 25.7. The third-order valence-electron chi connectivity index (χ3n) is 17.6. The summed E-state index contributed by atoms with van der Waals surface area (Å²) in [5.41, 5.74) is 24.9. The summed E-state index contributed by atoms with van der Waals surface area (Å²) >= 11 is 0. The van der Waals surface area contributed by atoms with Gasteiger partial charge in [0.1, 0.15) is 11.2 Å². The van der Waals surface area contributed by atoms with Gasteiger partial charge in [-0.25, -0.2) is 0 Å². The van der Waals surface area contributed by atoms with E-state index in [2.05, 4.69) is 256 Å². The Labute approximate surface area is 433 Å². The summed E-state index contributed by atoms with van der Waals surface area (Å²) in [5.74, 6) is 0. The molecule has 8 aromatic carbocycles. The van der Waals surface area contributed by atoms with Crippen LogP contribution in [0, 0.1) is 6.92 Å². The summed E-state index contributed by atoms with van der Waals surface area (Å²) < 4.78 is 6.83. The van der Waals surface area contributed by atoms with Gasteiger partial charge in [0, 0.05) is 67.5 Å². The van der Waals surface area contributed by atoms with Gasteiger partial charge in [0.2, 0.25) is 0 Å². The molecule has 5 heteroatoms. The molecular formula is C68H68BN3O. The molecule has 13 rings (SSSR count). The minimum Gasteiger partial charge on any atom is -0.456 e. The molecule has 0 saturated heterocycles. The Kier molecular flexibility index (Phi) is 9.75. The largest absolute Gasteiger partial charge is 0.456 e. The number of hydrogen-bond acceptors (Lipinski definition) is 4. The molecule has 9 aromatic rings. The molecule has 0 radical (unpaired) electrons. The van der Waals surface area contributed by atoms with Gasteiger partial charge >= 0.3 is 0 Å². The smallest absolute Gasteiger partial charge is 0.252 e. The van der Waals surface area contributed by atoms with E-state index in [4.69, 9.17) is 4.42 Å². The maximum Gasteiger partial charge on any atom is 0.252 e. The second-order valence-corrected chi connectivity index (χ2v) is 25.7. The number of nitrogens with zero attached hydrogens (tertiary/aromatic N) is 3. The topological polar surface area (TPSA) is 22.9 Å². The number of aryl methyl sites for hydroxylation is 1. The molecular weight excluding hydrogens is 886 g/mol. The van der Waals surface area contributed by atoms with Crippen molar-refractivity contribution in [2.75, 3.05) is 14.7 Å². The van der Waals surface area contributed by atoms with Crippen LogP contribution in [0.2, 0.25) is 0 Å². The fraction of sp³-hybridized carbons (Fsp3) is 0.294. The van der Waals surface area contributed by atoms with Gasteiger partial charge in [-0.15, -0.1) is 0 Å². The van der Waals surface area contributed by atoms with Crippen molar-refractivity contribution in [1.82, 2.24) is 0 Å². The molecule has 4 aliphatic rings. The first kappa shape index (κ1) is 45.9. The normalized spacial score (nSPS) is 17.5. The molecule has 0 amide bonds. The molecule has 0 atom stereocenters. The van der Waals surface area contributed by atoms with E-state index in [9.17, 15) is 0 Å². The quantitative estimate of drug-likeness (QED) is 0.160. The van der Waals surface area contributed by atoms with Crippen molar-refractivity contribution < 1.29 is 4.42 Å². The number of fused-ring (bicyclic) bond motifs is 9. The van der Waals surface area contributed by atoms with Crippen molar-refractivity contribution >= 4 is 96.2 Å². The van der Waals surface area contributed by atoms with Crippen LogP contribution < -0.4 is 31.1 Å². The molecule has 73 heavy (non-hydrogen) atoms. The highest BCUT2D eigenvalue weighted by Crippen LogP contribution is 2.55. The van der Waals surface area contributed by atoms with Crippen LogP contribution in [0.3, 0.4) is 0 Å². The molecule has 364 valence electrons. The number of para-hydroxylation sites is 3. The van der Waals surface area contributed by atoms with Crippen LogP contribution >= 0.6 is 0 Å². The summed E-state index contributed by atoms with van der Waals surface area (Å²) in [6, 6.07) is 60.2. The zero-order valence-corrected chi connectivity index (χ0v) is 45.0. The van der Waals surface area contributed by atoms with Crippen LogP contribution in [0.1, 0.15) is 129 Å². The van der Waals surface area contributed by atoms with Crippen molar-refractivity contribution in [2.24, 2.45) is 0 Å². The van der Waals surface area contributed by atoms with Gasteiger partial charge in [-0.3, -0.25) is 0 Å². The summed E-state index contributed by atoms with van der Waals surface area (Å²) in [4.78, 5) is 7.71. The fourth-order valence-corrected chi connectivity index (χ4v) is 14.1. The first-order chi connectivity index (χ1) is 34.7. The molecule has 0 fully saturated rings.